The van der Waals surface area contributed by atoms with E-state index in [9.17, 15) is 0 Å². The van der Waals surface area contributed by atoms with Crippen LogP contribution in [0.4, 0.5) is 0 Å². The highest BCUT2D eigenvalue weighted by atomic mass is 32.2. The molecule has 1 saturated carbocycles. The van der Waals surface area contributed by atoms with Gasteiger partial charge in [0.15, 0.2) is 0 Å². The third kappa shape index (κ3) is 2.63. The van der Waals surface area contributed by atoms with E-state index in [1.807, 2.05) is 11.8 Å². The van der Waals surface area contributed by atoms with E-state index in [-0.39, 0.29) is 0 Å². The van der Waals surface area contributed by atoms with Crippen LogP contribution in [0.3, 0.4) is 0 Å². The van der Waals surface area contributed by atoms with Crippen LogP contribution in [0.1, 0.15) is 38.5 Å². The molecule has 0 bridgehead atoms. The largest absolute Gasteiger partial charge is 0.327 e. The van der Waals surface area contributed by atoms with Gasteiger partial charge >= 0.3 is 0 Å². The minimum Gasteiger partial charge on any atom is -0.327 e. The fraction of sp³-hybridized carbons (Fsp3) is 1.00. The molecule has 2 heteroatoms. The Bertz CT molecular complexity index is 154. The van der Waals surface area contributed by atoms with Gasteiger partial charge in [0, 0.05) is 11.8 Å². The summed E-state index contributed by atoms with van der Waals surface area (Å²) < 4.78 is 0. The summed E-state index contributed by atoms with van der Waals surface area (Å²) >= 11 is 2.04. The van der Waals surface area contributed by atoms with Crippen molar-refractivity contribution < 1.29 is 0 Å². The van der Waals surface area contributed by atoms with Gasteiger partial charge in [-0.25, -0.2) is 0 Å². The van der Waals surface area contributed by atoms with E-state index >= 15 is 0 Å². The zero-order valence-electron chi connectivity index (χ0n) is 8.37. The van der Waals surface area contributed by atoms with Crippen molar-refractivity contribution in [1.82, 2.24) is 0 Å². The summed E-state index contributed by atoms with van der Waals surface area (Å²) in [5, 5.41) is 0. The summed E-state index contributed by atoms with van der Waals surface area (Å²) in [6.07, 6.45) is 8.72. The summed E-state index contributed by atoms with van der Waals surface area (Å²) in [5.41, 5.74) is 6.14. The third-order valence-corrected chi connectivity index (χ3v) is 4.80. The number of hydrogen-bond donors (Lipinski definition) is 1. The number of rotatable bonds is 2. The molecule has 1 aliphatic carbocycles. The summed E-state index contributed by atoms with van der Waals surface area (Å²) in [5.74, 6) is 4.44. The number of nitrogens with two attached hydrogens (primary N) is 1. The SMILES string of the molecule is NC1CSCCC1CC1CCCC1. The van der Waals surface area contributed by atoms with Gasteiger partial charge in [-0.1, -0.05) is 25.7 Å². The normalized spacial score (nSPS) is 36.7. The highest BCUT2D eigenvalue weighted by molar-refractivity contribution is 7.99. The number of hydrogen-bond acceptors (Lipinski definition) is 2. The van der Waals surface area contributed by atoms with Gasteiger partial charge in [0.2, 0.25) is 0 Å². The first-order chi connectivity index (χ1) is 6.36. The molecule has 2 N–H and O–H groups in total. The second-order valence-electron chi connectivity index (χ2n) is 4.67. The predicted octanol–water partition coefficient (Wildman–Crippen LogP) is 2.65. The molecule has 1 heterocycles. The molecule has 0 amide bonds. The lowest BCUT2D eigenvalue weighted by atomic mass is 9.87. The van der Waals surface area contributed by atoms with Gasteiger partial charge in [0.25, 0.3) is 0 Å². The van der Waals surface area contributed by atoms with Crippen molar-refractivity contribution in [3.63, 3.8) is 0 Å². The van der Waals surface area contributed by atoms with Crippen LogP contribution in [0.2, 0.25) is 0 Å². The quantitative estimate of drug-likeness (QED) is 0.740. The maximum absolute atomic E-state index is 6.14. The average molecular weight is 199 g/mol. The van der Waals surface area contributed by atoms with Crippen molar-refractivity contribution in [3.8, 4) is 0 Å². The fourth-order valence-electron chi connectivity index (χ4n) is 2.77. The Morgan fingerprint density at radius 1 is 1.15 bits per heavy atom. The summed E-state index contributed by atoms with van der Waals surface area (Å²) in [6.45, 7) is 0. The molecule has 0 aromatic rings. The topological polar surface area (TPSA) is 26.0 Å². The minimum atomic E-state index is 0.499. The van der Waals surface area contributed by atoms with Crippen LogP contribution in [-0.4, -0.2) is 17.5 Å². The Morgan fingerprint density at radius 3 is 2.62 bits per heavy atom. The molecule has 0 spiro atoms. The number of thioether (sulfide) groups is 1. The third-order valence-electron chi connectivity index (χ3n) is 3.66. The smallest absolute Gasteiger partial charge is 0.0159 e. The fourth-order valence-corrected chi connectivity index (χ4v) is 3.95. The Kier molecular flexibility index (Phi) is 3.56. The molecule has 0 radical (unpaired) electrons. The molecular formula is C11H21NS. The Labute approximate surface area is 85.8 Å². The van der Waals surface area contributed by atoms with Crippen molar-refractivity contribution in [2.75, 3.05) is 11.5 Å². The van der Waals surface area contributed by atoms with Gasteiger partial charge < -0.3 is 5.73 Å². The second-order valence-corrected chi connectivity index (χ2v) is 5.82. The summed E-state index contributed by atoms with van der Waals surface area (Å²) in [6, 6.07) is 0.499. The highest BCUT2D eigenvalue weighted by Crippen LogP contribution is 2.34. The zero-order chi connectivity index (χ0) is 9.10. The van der Waals surface area contributed by atoms with Gasteiger partial charge in [-0.15, -0.1) is 0 Å². The van der Waals surface area contributed by atoms with Gasteiger partial charge in [-0.2, -0.15) is 11.8 Å². The Hall–Kier alpha value is 0.310. The molecule has 2 rings (SSSR count). The first-order valence-electron chi connectivity index (χ1n) is 5.69. The molecule has 2 fully saturated rings. The van der Waals surface area contributed by atoms with Gasteiger partial charge in [-0.3, -0.25) is 0 Å². The summed E-state index contributed by atoms with van der Waals surface area (Å²) in [7, 11) is 0. The molecule has 1 saturated heterocycles. The minimum absolute atomic E-state index is 0.499. The molecule has 13 heavy (non-hydrogen) atoms. The lowest BCUT2D eigenvalue weighted by Gasteiger charge is -2.30. The van der Waals surface area contributed by atoms with Crippen LogP contribution in [0.15, 0.2) is 0 Å². The molecule has 1 aliphatic heterocycles. The monoisotopic (exact) mass is 199 g/mol. The molecule has 1 nitrogen and oxygen atoms in total. The van der Waals surface area contributed by atoms with E-state index in [0.717, 1.165) is 11.8 Å². The van der Waals surface area contributed by atoms with Crippen molar-refractivity contribution >= 4 is 11.8 Å². The van der Waals surface area contributed by atoms with Crippen LogP contribution >= 0.6 is 11.8 Å². The molecule has 76 valence electrons. The predicted molar refractivity (Wildman–Crippen MR) is 60.0 cm³/mol. The van der Waals surface area contributed by atoms with Crippen molar-refractivity contribution in [3.05, 3.63) is 0 Å². The standard InChI is InChI=1S/C11H21NS/c12-11-8-13-6-5-10(11)7-9-3-1-2-4-9/h9-11H,1-8,12H2. The van der Waals surface area contributed by atoms with Crippen molar-refractivity contribution in [1.29, 1.82) is 0 Å². The van der Waals surface area contributed by atoms with Crippen LogP contribution < -0.4 is 5.73 Å². The molecule has 2 aliphatic rings. The van der Waals surface area contributed by atoms with Crippen LogP contribution in [-0.2, 0) is 0 Å². The zero-order valence-corrected chi connectivity index (χ0v) is 9.19. The molecular weight excluding hydrogens is 178 g/mol. The van der Waals surface area contributed by atoms with Crippen LogP contribution in [0.25, 0.3) is 0 Å². The maximum Gasteiger partial charge on any atom is 0.0159 e. The lowest BCUT2D eigenvalue weighted by molar-refractivity contribution is 0.326. The second kappa shape index (κ2) is 4.70. The molecule has 2 unspecified atom stereocenters. The van der Waals surface area contributed by atoms with E-state index in [2.05, 4.69) is 0 Å². The van der Waals surface area contributed by atoms with E-state index in [0.29, 0.717) is 6.04 Å². The Balaban J connectivity index is 1.78. The van der Waals surface area contributed by atoms with Crippen molar-refractivity contribution in [2.45, 2.75) is 44.6 Å². The van der Waals surface area contributed by atoms with Gasteiger partial charge in [0.1, 0.15) is 0 Å². The van der Waals surface area contributed by atoms with E-state index in [4.69, 9.17) is 5.73 Å². The van der Waals surface area contributed by atoms with E-state index in [1.54, 1.807) is 0 Å². The van der Waals surface area contributed by atoms with Gasteiger partial charge in [0.05, 0.1) is 0 Å². The van der Waals surface area contributed by atoms with Crippen molar-refractivity contribution in [2.24, 2.45) is 17.6 Å². The average Bonchev–Trinajstić information content (AvgIpc) is 2.61. The first-order valence-corrected chi connectivity index (χ1v) is 6.85. The lowest BCUT2D eigenvalue weighted by Crippen LogP contribution is -2.36. The maximum atomic E-state index is 6.14. The first kappa shape index (κ1) is 9.85. The van der Waals surface area contributed by atoms with E-state index < -0.39 is 0 Å². The van der Waals surface area contributed by atoms with Crippen LogP contribution in [0, 0.1) is 11.8 Å². The molecule has 0 aromatic carbocycles. The summed E-state index contributed by atoms with van der Waals surface area (Å²) in [4.78, 5) is 0. The van der Waals surface area contributed by atoms with Gasteiger partial charge in [-0.05, 0) is 30.4 Å². The Morgan fingerprint density at radius 2 is 1.92 bits per heavy atom. The molecule has 2 atom stereocenters. The molecule has 0 aromatic heterocycles. The highest BCUT2D eigenvalue weighted by Gasteiger charge is 2.26. The van der Waals surface area contributed by atoms with E-state index in [1.165, 1.54) is 50.0 Å². The van der Waals surface area contributed by atoms with Crippen LogP contribution in [0.5, 0.6) is 0 Å².